The molecule has 0 spiro atoms. The Morgan fingerprint density at radius 2 is 1.79 bits per heavy atom. The highest BCUT2D eigenvalue weighted by Gasteiger charge is 2.51. The smallest absolute Gasteiger partial charge is 0.325 e. The third kappa shape index (κ3) is 4.55. The van der Waals surface area contributed by atoms with Gasteiger partial charge < -0.3 is 14.6 Å². The molecule has 10 nitrogen and oxygen atoms in total. The molecule has 2 aromatic rings. The summed E-state index contributed by atoms with van der Waals surface area (Å²) in [5, 5.41) is 3.73. The topological polar surface area (TPSA) is 120 Å². The van der Waals surface area contributed by atoms with E-state index in [1.54, 1.807) is 24.3 Å². The van der Waals surface area contributed by atoms with Crippen LogP contribution in [-0.4, -0.2) is 73.1 Å². The molecule has 11 heteroatoms. The Bertz CT molecular complexity index is 1170. The van der Waals surface area contributed by atoms with Gasteiger partial charge in [0.05, 0.1) is 6.26 Å². The summed E-state index contributed by atoms with van der Waals surface area (Å²) in [6, 6.07) is 11.6. The summed E-state index contributed by atoms with van der Waals surface area (Å²) < 4.78 is 31.8. The number of furan rings is 1. The first-order valence-electron chi connectivity index (χ1n) is 10.4. The lowest BCUT2D eigenvalue weighted by molar-refractivity contribution is -0.139. The minimum atomic E-state index is -3.64. The zero-order valence-electron chi connectivity index (χ0n) is 18.0. The number of imide groups is 1. The number of nitrogens with one attached hydrogen (secondary N) is 1. The monoisotopic (exact) mass is 472 g/mol. The SMILES string of the molecule is CC1(c2ccco2)NC(=O)N(CC(=O)N2CCN(S(=O)(=O)C=Cc3ccccc3)CC2)C1=O. The molecular weight excluding hydrogens is 448 g/mol. The lowest BCUT2D eigenvalue weighted by Gasteiger charge is -2.34. The van der Waals surface area contributed by atoms with Gasteiger partial charge in [-0.3, -0.25) is 14.5 Å². The van der Waals surface area contributed by atoms with E-state index in [9.17, 15) is 22.8 Å². The zero-order valence-corrected chi connectivity index (χ0v) is 18.8. The summed E-state index contributed by atoms with van der Waals surface area (Å²) in [5.41, 5.74) is -0.608. The van der Waals surface area contributed by atoms with Crippen LogP contribution in [0.5, 0.6) is 0 Å². The molecule has 1 aromatic heterocycles. The van der Waals surface area contributed by atoms with E-state index in [1.807, 2.05) is 18.2 Å². The fraction of sp³-hybridized carbons (Fsp3) is 0.318. The standard InChI is InChI=1S/C22H24N4O6S/c1-22(18-8-5-14-32-18)20(28)26(21(29)23-22)16-19(27)24-10-12-25(13-11-24)33(30,31)15-9-17-6-3-2-4-7-17/h2-9,14-15H,10-13,16H2,1H3,(H,23,29). The van der Waals surface area contributed by atoms with Crippen molar-refractivity contribution in [2.75, 3.05) is 32.7 Å². The van der Waals surface area contributed by atoms with Crippen molar-refractivity contribution in [3.05, 3.63) is 65.5 Å². The van der Waals surface area contributed by atoms with Gasteiger partial charge in [0.1, 0.15) is 12.3 Å². The molecule has 4 amide bonds. The summed E-state index contributed by atoms with van der Waals surface area (Å²) in [5.74, 6) is -0.736. The number of carbonyl (C=O) groups excluding carboxylic acids is 3. The molecule has 174 valence electrons. The molecule has 2 aliphatic heterocycles. The Morgan fingerprint density at radius 1 is 1.09 bits per heavy atom. The van der Waals surface area contributed by atoms with Crippen molar-refractivity contribution >= 4 is 33.9 Å². The molecule has 1 atom stereocenters. The lowest BCUT2D eigenvalue weighted by Crippen LogP contribution is -2.53. The molecule has 2 saturated heterocycles. The molecule has 0 saturated carbocycles. The van der Waals surface area contributed by atoms with E-state index in [4.69, 9.17) is 4.42 Å². The highest BCUT2D eigenvalue weighted by Crippen LogP contribution is 2.29. The van der Waals surface area contributed by atoms with Crippen LogP contribution in [0.2, 0.25) is 0 Å². The normalized spacial score (nSPS) is 22.2. The molecule has 0 bridgehead atoms. The van der Waals surface area contributed by atoms with Crippen LogP contribution in [-0.2, 0) is 25.2 Å². The van der Waals surface area contributed by atoms with Crippen molar-refractivity contribution in [2.24, 2.45) is 0 Å². The zero-order chi connectivity index (χ0) is 23.6. The Kier molecular flexibility index (Phi) is 6.09. The third-order valence-electron chi connectivity index (χ3n) is 5.77. The van der Waals surface area contributed by atoms with Crippen molar-refractivity contribution in [1.82, 2.24) is 19.4 Å². The molecule has 1 unspecified atom stereocenters. The van der Waals surface area contributed by atoms with Crippen molar-refractivity contribution in [2.45, 2.75) is 12.5 Å². The fourth-order valence-electron chi connectivity index (χ4n) is 3.81. The number of sulfonamides is 1. The summed E-state index contributed by atoms with van der Waals surface area (Å²) in [6.45, 7) is 1.66. The molecule has 3 heterocycles. The predicted molar refractivity (Wildman–Crippen MR) is 119 cm³/mol. The number of hydrogen-bond donors (Lipinski definition) is 1. The number of amides is 4. The third-order valence-corrected chi connectivity index (χ3v) is 7.33. The molecule has 33 heavy (non-hydrogen) atoms. The molecule has 2 aliphatic rings. The van der Waals surface area contributed by atoms with Gasteiger partial charge in [0, 0.05) is 31.6 Å². The van der Waals surface area contributed by atoms with Gasteiger partial charge in [-0.15, -0.1) is 0 Å². The average Bonchev–Trinajstić information content (AvgIpc) is 3.43. The molecule has 1 aromatic carbocycles. The van der Waals surface area contributed by atoms with E-state index in [1.165, 1.54) is 28.5 Å². The number of rotatable bonds is 6. The first-order valence-corrected chi connectivity index (χ1v) is 11.9. The number of urea groups is 1. The minimum Gasteiger partial charge on any atom is -0.466 e. The second kappa shape index (κ2) is 8.83. The summed E-state index contributed by atoms with van der Waals surface area (Å²) in [4.78, 5) is 40.3. The van der Waals surface area contributed by atoms with Crippen molar-refractivity contribution < 1.29 is 27.2 Å². The van der Waals surface area contributed by atoms with Crippen LogP contribution in [0.25, 0.3) is 6.08 Å². The van der Waals surface area contributed by atoms with Gasteiger partial charge in [-0.2, -0.15) is 4.31 Å². The Morgan fingerprint density at radius 3 is 2.42 bits per heavy atom. The van der Waals surface area contributed by atoms with Crippen molar-refractivity contribution in [3.8, 4) is 0 Å². The number of carbonyl (C=O) groups is 3. The van der Waals surface area contributed by atoms with Crippen LogP contribution in [0.15, 0.2) is 58.6 Å². The van der Waals surface area contributed by atoms with Gasteiger partial charge in [-0.1, -0.05) is 30.3 Å². The summed E-state index contributed by atoms with van der Waals surface area (Å²) in [7, 11) is -3.64. The van der Waals surface area contributed by atoms with Crippen molar-refractivity contribution in [3.63, 3.8) is 0 Å². The number of hydrogen-bond acceptors (Lipinski definition) is 6. The second-order valence-corrected chi connectivity index (χ2v) is 9.78. The van der Waals surface area contributed by atoms with E-state index in [0.29, 0.717) is 0 Å². The maximum atomic E-state index is 12.8. The number of benzene rings is 1. The first kappa shape index (κ1) is 22.7. The van der Waals surface area contributed by atoms with Crippen LogP contribution in [0.4, 0.5) is 4.79 Å². The summed E-state index contributed by atoms with van der Waals surface area (Å²) >= 11 is 0. The number of piperazine rings is 1. The van der Waals surface area contributed by atoms with Gasteiger partial charge in [0.15, 0.2) is 5.54 Å². The van der Waals surface area contributed by atoms with Gasteiger partial charge >= 0.3 is 6.03 Å². The molecule has 1 N–H and O–H groups in total. The average molecular weight is 473 g/mol. The highest BCUT2D eigenvalue weighted by atomic mass is 32.2. The van der Waals surface area contributed by atoms with Gasteiger partial charge in [0.2, 0.25) is 15.9 Å². The largest absolute Gasteiger partial charge is 0.466 e. The maximum Gasteiger partial charge on any atom is 0.325 e. The maximum absolute atomic E-state index is 12.8. The highest BCUT2D eigenvalue weighted by molar-refractivity contribution is 7.92. The van der Waals surface area contributed by atoms with E-state index >= 15 is 0 Å². The van der Waals surface area contributed by atoms with Crippen LogP contribution in [0.1, 0.15) is 18.2 Å². The molecule has 0 radical (unpaired) electrons. The van der Waals surface area contributed by atoms with Crippen LogP contribution in [0.3, 0.4) is 0 Å². The summed E-state index contributed by atoms with van der Waals surface area (Å²) in [6.07, 6.45) is 2.93. The van der Waals surface area contributed by atoms with E-state index in [-0.39, 0.29) is 31.9 Å². The van der Waals surface area contributed by atoms with Gasteiger partial charge in [-0.05, 0) is 30.7 Å². The van der Waals surface area contributed by atoms with Crippen LogP contribution < -0.4 is 5.32 Å². The predicted octanol–water partition coefficient (Wildman–Crippen LogP) is 1.19. The Labute approximate surface area is 191 Å². The quantitative estimate of drug-likeness (QED) is 0.631. The number of nitrogens with zero attached hydrogens (tertiary/aromatic N) is 3. The molecular formula is C22H24N4O6S. The first-order chi connectivity index (χ1) is 15.7. The Balaban J connectivity index is 1.35. The van der Waals surface area contributed by atoms with E-state index in [0.717, 1.165) is 15.9 Å². The van der Waals surface area contributed by atoms with E-state index < -0.39 is 40.0 Å². The Hall–Kier alpha value is -3.44. The van der Waals surface area contributed by atoms with Crippen molar-refractivity contribution in [1.29, 1.82) is 0 Å². The van der Waals surface area contributed by atoms with Crippen LogP contribution >= 0.6 is 0 Å². The lowest BCUT2D eigenvalue weighted by atomic mass is 9.99. The fourth-order valence-corrected chi connectivity index (χ4v) is 4.99. The minimum absolute atomic E-state index is 0.122. The van der Waals surface area contributed by atoms with Crippen LogP contribution in [0, 0.1) is 0 Å². The molecule has 4 rings (SSSR count). The second-order valence-electron chi connectivity index (χ2n) is 7.96. The molecule has 2 fully saturated rings. The van der Waals surface area contributed by atoms with Gasteiger partial charge in [0.25, 0.3) is 5.91 Å². The van der Waals surface area contributed by atoms with E-state index in [2.05, 4.69) is 5.32 Å². The molecule has 0 aliphatic carbocycles. The van der Waals surface area contributed by atoms with Gasteiger partial charge in [-0.25, -0.2) is 13.2 Å².